The monoisotopic (exact) mass is 378 g/mol. The molecule has 0 bridgehead atoms. The number of hydrogen-bond donors (Lipinski definition) is 1. The Morgan fingerprint density at radius 2 is 1.67 bits per heavy atom. The number of amides is 1. The van der Waals surface area contributed by atoms with Crippen molar-refractivity contribution >= 4 is 40.5 Å². The fourth-order valence-corrected chi connectivity index (χ4v) is 2.24. The van der Waals surface area contributed by atoms with Crippen LogP contribution in [0.25, 0.3) is 0 Å². The molecule has 0 aromatic heterocycles. The van der Waals surface area contributed by atoms with Gasteiger partial charge in [-0.25, -0.2) is 0 Å². The van der Waals surface area contributed by atoms with E-state index in [9.17, 15) is 28.1 Å². The number of carbonyl (C=O) groups is 1. The predicted octanol–water partition coefficient (Wildman–Crippen LogP) is 5.17. The van der Waals surface area contributed by atoms with E-state index in [1.807, 2.05) is 5.32 Å². The van der Waals surface area contributed by atoms with E-state index >= 15 is 0 Å². The average Bonchev–Trinajstić information content (AvgIpc) is 2.47. The number of alkyl halides is 3. The Morgan fingerprint density at radius 1 is 1.08 bits per heavy atom. The van der Waals surface area contributed by atoms with Crippen molar-refractivity contribution in [1.29, 1.82) is 0 Å². The zero-order valence-corrected chi connectivity index (χ0v) is 13.0. The van der Waals surface area contributed by atoms with Gasteiger partial charge in [0.15, 0.2) is 0 Å². The van der Waals surface area contributed by atoms with E-state index < -0.39 is 39.5 Å². The number of nitro groups is 1. The van der Waals surface area contributed by atoms with Gasteiger partial charge in [-0.15, -0.1) is 0 Å². The molecule has 0 heterocycles. The second-order valence-corrected chi connectivity index (χ2v) is 5.43. The first-order valence-electron chi connectivity index (χ1n) is 6.21. The van der Waals surface area contributed by atoms with Gasteiger partial charge in [-0.3, -0.25) is 14.9 Å². The number of nitrogens with one attached hydrogen (secondary N) is 1. The topological polar surface area (TPSA) is 72.2 Å². The zero-order valence-electron chi connectivity index (χ0n) is 11.5. The summed E-state index contributed by atoms with van der Waals surface area (Å²) in [6.07, 6.45) is -4.77. The van der Waals surface area contributed by atoms with Gasteiger partial charge in [0.25, 0.3) is 11.6 Å². The van der Waals surface area contributed by atoms with Crippen LogP contribution in [0.1, 0.15) is 15.9 Å². The molecule has 0 aliphatic rings. The maximum atomic E-state index is 13.0. The molecule has 2 rings (SSSR count). The molecule has 2 aromatic rings. The second kappa shape index (κ2) is 6.66. The van der Waals surface area contributed by atoms with Gasteiger partial charge in [-0.1, -0.05) is 23.2 Å². The number of halogens is 5. The van der Waals surface area contributed by atoms with Crippen LogP contribution in [0, 0.1) is 10.1 Å². The normalized spacial score (nSPS) is 11.2. The molecule has 0 saturated carbocycles. The highest BCUT2D eigenvalue weighted by Gasteiger charge is 2.34. The highest BCUT2D eigenvalue weighted by atomic mass is 35.5. The van der Waals surface area contributed by atoms with Crippen LogP contribution in [0.15, 0.2) is 36.4 Å². The predicted molar refractivity (Wildman–Crippen MR) is 82.5 cm³/mol. The Morgan fingerprint density at radius 3 is 2.25 bits per heavy atom. The van der Waals surface area contributed by atoms with Crippen molar-refractivity contribution < 1.29 is 22.9 Å². The molecule has 0 saturated heterocycles. The second-order valence-electron chi connectivity index (χ2n) is 4.56. The molecule has 1 N–H and O–H groups in total. The summed E-state index contributed by atoms with van der Waals surface area (Å²) in [5.41, 5.74) is -2.80. The van der Waals surface area contributed by atoms with Gasteiger partial charge < -0.3 is 5.32 Å². The van der Waals surface area contributed by atoms with E-state index in [4.69, 9.17) is 23.2 Å². The van der Waals surface area contributed by atoms with Crippen molar-refractivity contribution in [1.82, 2.24) is 0 Å². The first-order chi connectivity index (χ1) is 11.1. The van der Waals surface area contributed by atoms with Gasteiger partial charge >= 0.3 is 6.18 Å². The minimum Gasteiger partial charge on any atom is -0.321 e. The summed E-state index contributed by atoms with van der Waals surface area (Å²) in [7, 11) is 0. The Bertz CT molecular complexity index is 825. The number of rotatable bonds is 3. The van der Waals surface area contributed by atoms with Crippen LogP contribution in [-0.2, 0) is 6.18 Å². The third-order valence-electron chi connectivity index (χ3n) is 2.94. The first-order valence-corrected chi connectivity index (χ1v) is 6.97. The highest BCUT2D eigenvalue weighted by Crippen LogP contribution is 2.37. The quantitative estimate of drug-likeness (QED) is 0.591. The van der Waals surface area contributed by atoms with E-state index in [1.54, 1.807) is 0 Å². The van der Waals surface area contributed by atoms with Crippen LogP contribution >= 0.6 is 23.2 Å². The number of hydrogen-bond acceptors (Lipinski definition) is 3. The van der Waals surface area contributed by atoms with Crippen LogP contribution < -0.4 is 5.32 Å². The average molecular weight is 379 g/mol. The largest absolute Gasteiger partial charge is 0.418 e. The minimum absolute atomic E-state index is 0.0258. The number of nitrogens with zero attached hydrogens (tertiary/aromatic N) is 1. The number of anilines is 1. The van der Waals surface area contributed by atoms with Crippen molar-refractivity contribution in [3.8, 4) is 0 Å². The number of carbonyl (C=O) groups excluding carboxylic acids is 1. The lowest BCUT2D eigenvalue weighted by atomic mass is 10.1. The smallest absolute Gasteiger partial charge is 0.321 e. The van der Waals surface area contributed by atoms with Gasteiger partial charge in [0.2, 0.25) is 0 Å². The van der Waals surface area contributed by atoms with Crippen LogP contribution in [0.2, 0.25) is 10.0 Å². The Labute approximate surface area is 143 Å². The zero-order chi connectivity index (χ0) is 18.1. The third kappa shape index (κ3) is 3.95. The highest BCUT2D eigenvalue weighted by molar-refractivity contribution is 6.31. The van der Waals surface area contributed by atoms with Crippen molar-refractivity contribution in [2.75, 3.05) is 5.32 Å². The molecular weight excluding hydrogens is 372 g/mol. The third-order valence-corrected chi connectivity index (χ3v) is 3.41. The van der Waals surface area contributed by atoms with Gasteiger partial charge in [-0.2, -0.15) is 13.2 Å². The van der Waals surface area contributed by atoms with E-state index in [-0.39, 0.29) is 10.0 Å². The molecule has 0 fully saturated rings. The van der Waals surface area contributed by atoms with Crippen molar-refractivity contribution in [2.45, 2.75) is 6.18 Å². The molecule has 10 heteroatoms. The molecule has 0 atom stereocenters. The molecule has 0 unspecified atom stereocenters. The lowest BCUT2D eigenvalue weighted by molar-refractivity contribution is -0.385. The lowest BCUT2D eigenvalue weighted by Crippen LogP contribution is -2.17. The maximum Gasteiger partial charge on any atom is 0.418 e. The Hall–Kier alpha value is -2.32. The number of nitro benzene ring substituents is 1. The molecule has 0 radical (unpaired) electrons. The molecular formula is C14H7Cl2F3N2O3. The van der Waals surface area contributed by atoms with E-state index in [0.717, 1.165) is 24.3 Å². The molecule has 0 aliphatic heterocycles. The molecule has 126 valence electrons. The van der Waals surface area contributed by atoms with Crippen molar-refractivity contribution in [3.63, 3.8) is 0 Å². The summed E-state index contributed by atoms with van der Waals surface area (Å²) in [6.45, 7) is 0. The molecule has 1 amide bonds. The van der Waals surface area contributed by atoms with Crippen LogP contribution in [0.4, 0.5) is 24.5 Å². The SMILES string of the molecule is O=C(Nc1ccc(Cl)cc1C(F)(F)F)c1cc(Cl)ccc1[N+](=O)[O-]. The Kier molecular flexibility index (Phi) is 5.00. The van der Waals surface area contributed by atoms with Crippen LogP contribution in [0.5, 0.6) is 0 Å². The van der Waals surface area contributed by atoms with Gasteiger partial charge in [-0.05, 0) is 30.3 Å². The fraction of sp³-hybridized carbons (Fsp3) is 0.0714. The lowest BCUT2D eigenvalue weighted by Gasteiger charge is -2.14. The van der Waals surface area contributed by atoms with E-state index in [1.165, 1.54) is 6.07 Å². The summed E-state index contributed by atoms with van der Waals surface area (Å²) < 4.78 is 39.0. The molecule has 2 aromatic carbocycles. The maximum absolute atomic E-state index is 13.0. The first kappa shape index (κ1) is 18.0. The molecule has 24 heavy (non-hydrogen) atoms. The summed E-state index contributed by atoms with van der Waals surface area (Å²) in [5, 5.41) is 12.8. The standard InChI is InChI=1S/C14H7Cl2F3N2O3/c15-7-2-4-12(21(23)24)9(5-7)13(22)20-11-3-1-8(16)6-10(11)14(17,18)19/h1-6H,(H,20,22). The summed E-state index contributed by atoms with van der Waals surface area (Å²) in [4.78, 5) is 22.3. The molecule has 5 nitrogen and oxygen atoms in total. The minimum atomic E-state index is -4.77. The van der Waals surface area contributed by atoms with Crippen LogP contribution in [-0.4, -0.2) is 10.8 Å². The van der Waals surface area contributed by atoms with Gasteiger partial charge in [0.05, 0.1) is 16.2 Å². The van der Waals surface area contributed by atoms with Gasteiger partial charge in [0, 0.05) is 16.1 Å². The summed E-state index contributed by atoms with van der Waals surface area (Å²) >= 11 is 11.2. The van der Waals surface area contributed by atoms with Crippen molar-refractivity contribution in [3.05, 3.63) is 67.7 Å². The molecule has 0 spiro atoms. The van der Waals surface area contributed by atoms with Crippen LogP contribution in [0.3, 0.4) is 0 Å². The fourth-order valence-electron chi connectivity index (χ4n) is 1.90. The van der Waals surface area contributed by atoms with Crippen molar-refractivity contribution in [2.24, 2.45) is 0 Å². The van der Waals surface area contributed by atoms with E-state index in [0.29, 0.717) is 6.07 Å². The number of benzene rings is 2. The van der Waals surface area contributed by atoms with E-state index in [2.05, 4.69) is 0 Å². The molecule has 0 aliphatic carbocycles. The van der Waals surface area contributed by atoms with Gasteiger partial charge in [0.1, 0.15) is 5.56 Å². The Balaban J connectivity index is 2.45. The summed E-state index contributed by atoms with van der Waals surface area (Å²) in [5.74, 6) is -1.10. The summed E-state index contributed by atoms with van der Waals surface area (Å²) in [6, 6.07) is 5.93.